The lowest BCUT2D eigenvalue weighted by molar-refractivity contribution is -0.122. The van der Waals surface area contributed by atoms with Crippen molar-refractivity contribution >= 4 is 28.4 Å². The number of aromatic amines is 1. The lowest BCUT2D eigenvalue weighted by Crippen LogP contribution is -2.62. The summed E-state index contributed by atoms with van der Waals surface area (Å²) < 4.78 is 5.34. The number of methoxy groups -OCH3 is 1. The van der Waals surface area contributed by atoms with E-state index in [9.17, 15) is 9.59 Å². The third-order valence-electron chi connectivity index (χ3n) is 7.15. The van der Waals surface area contributed by atoms with E-state index in [1.807, 2.05) is 59.6 Å². The van der Waals surface area contributed by atoms with Gasteiger partial charge >= 0.3 is 0 Å². The molecule has 1 spiro atoms. The SMILES string of the molecule is COCCN1C(=O)c2ccccc2[C@H](C(=O)Nc2ccc3cc[nH]c3c2)C12CCCCC2. The quantitative estimate of drug-likeness (QED) is 0.615. The fourth-order valence-electron chi connectivity index (χ4n) is 5.69. The molecular formula is C26H29N3O3. The molecule has 0 radical (unpaired) electrons. The van der Waals surface area contributed by atoms with Crippen LogP contribution in [0.25, 0.3) is 10.9 Å². The molecule has 2 aromatic carbocycles. The molecule has 1 aliphatic heterocycles. The van der Waals surface area contributed by atoms with Gasteiger partial charge < -0.3 is 19.9 Å². The van der Waals surface area contributed by atoms with Crippen LogP contribution in [-0.2, 0) is 9.53 Å². The number of hydrogen-bond donors (Lipinski definition) is 2. The summed E-state index contributed by atoms with van der Waals surface area (Å²) in [5.41, 5.74) is 2.68. The highest BCUT2D eigenvalue weighted by molar-refractivity contribution is 6.05. The molecule has 0 unspecified atom stereocenters. The second-order valence-corrected chi connectivity index (χ2v) is 8.90. The second kappa shape index (κ2) is 8.43. The number of anilines is 1. The van der Waals surface area contributed by atoms with Crippen molar-refractivity contribution in [3.63, 3.8) is 0 Å². The molecule has 6 nitrogen and oxygen atoms in total. The number of hydrogen-bond acceptors (Lipinski definition) is 3. The van der Waals surface area contributed by atoms with Crippen LogP contribution in [0.15, 0.2) is 54.7 Å². The van der Waals surface area contributed by atoms with Gasteiger partial charge in [0.25, 0.3) is 5.91 Å². The predicted octanol–water partition coefficient (Wildman–Crippen LogP) is 4.70. The molecule has 3 aromatic rings. The zero-order valence-corrected chi connectivity index (χ0v) is 18.4. The minimum Gasteiger partial charge on any atom is -0.383 e. The van der Waals surface area contributed by atoms with Crippen LogP contribution in [0, 0.1) is 0 Å². The van der Waals surface area contributed by atoms with Crippen LogP contribution in [0.4, 0.5) is 5.69 Å². The Morgan fingerprint density at radius 2 is 1.97 bits per heavy atom. The number of fused-ring (bicyclic) bond motifs is 2. The second-order valence-electron chi connectivity index (χ2n) is 8.90. The Labute approximate surface area is 187 Å². The Morgan fingerprint density at radius 3 is 2.78 bits per heavy atom. The van der Waals surface area contributed by atoms with Gasteiger partial charge in [0.05, 0.1) is 18.1 Å². The minimum atomic E-state index is -0.525. The third-order valence-corrected chi connectivity index (χ3v) is 7.15. The minimum absolute atomic E-state index is 0.0106. The van der Waals surface area contributed by atoms with Crippen molar-refractivity contribution in [3.05, 3.63) is 65.9 Å². The number of carbonyl (C=O) groups is 2. The molecule has 32 heavy (non-hydrogen) atoms. The van der Waals surface area contributed by atoms with E-state index in [2.05, 4.69) is 10.3 Å². The molecule has 166 valence electrons. The van der Waals surface area contributed by atoms with Gasteiger partial charge in [-0.15, -0.1) is 0 Å². The number of nitrogens with zero attached hydrogens (tertiary/aromatic N) is 1. The van der Waals surface area contributed by atoms with E-state index in [0.29, 0.717) is 18.7 Å². The average Bonchev–Trinajstić information content (AvgIpc) is 3.28. The van der Waals surface area contributed by atoms with Gasteiger partial charge in [0, 0.05) is 36.6 Å². The van der Waals surface area contributed by atoms with E-state index in [1.54, 1.807) is 7.11 Å². The van der Waals surface area contributed by atoms with Gasteiger partial charge in [-0.3, -0.25) is 9.59 Å². The van der Waals surface area contributed by atoms with Crippen molar-refractivity contribution in [2.75, 3.05) is 25.6 Å². The van der Waals surface area contributed by atoms with Crippen molar-refractivity contribution in [1.82, 2.24) is 9.88 Å². The number of ether oxygens (including phenoxy) is 1. The Morgan fingerprint density at radius 1 is 1.16 bits per heavy atom. The van der Waals surface area contributed by atoms with Crippen LogP contribution >= 0.6 is 0 Å². The molecule has 2 aliphatic rings. The number of benzene rings is 2. The van der Waals surface area contributed by atoms with Crippen LogP contribution < -0.4 is 5.32 Å². The number of carbonyl (C=O) groups excluding carboxylic acids is 2. The topological polar surface area (TPSA) is 74.4 Å². The Bertz CT molecular complexity index is 1150. The van der Waals surface area contributed by atoms with Crippen molar-refractivity contribution in [2.24, 2.45) is 0 Å². The Hall–Kier alpha value is -3.12. The summed E-state index contributed by atoms with van der Waals surface area (Å²) in [5.74, 6) is -0.468. The first kappa shape index (κ1) is 20.8. The van der Waals surface area contributed by atoms with Gasteiger partial charge in [-0.1, -0.05) is 43.5 Å². The van der Waals surface area contributed by atoms with Crippen molar-refractivity contribution in [1.29, 1.82) is 0 Å². The fraction of sp³-hybridized carbons (Fsp3) is 0.385. The molecule has 1 atom stereocenters. The summed E-state index contributed by atoms with van der Waals surface area (Å²) in [6, 6.07) is 15.5. The zero-order valence-electron chi connectivity index (χ0n) is 18.4. The van der Waals surface area contributed by atoms with Crippen LogP contribution in [0.3, 0.4) is 0 Å². The molecule has 1 aliphatic carbocycles. The van der Waals surface area contributed by atoms with Gasteiger partial charge in [0.15, 0.2) is 0 Å². The number of amides is 2. The monoisotopic (exact) mass is 431 g/mol. The molecule has 2 heterocycles. The van der Waals surface area contributed by atoms with Gasteiger partial charge in [-0.05, 0) is 48.1 Å². The van der Waals surface area contributed by atoms with E-state index in [1.165, 1.54) is 0 Å². The summed E-state index contributed by atoms with van der Waals surface area (Å²) in [7, 11) is 1.65. The number of rotatable bonds is 5. The van der Waals surface area contributed by atoms with Gasteiger partial charge in [0.2, 0.25) is 5.91 Å². The lowest BCUT2D eigenvalue weighted by Gasteiger charge is -2.53. The maximum atomic E-state index is 13.9. The third kappa shape index (κ3) is 3.39. The van der Waals surface area contributed by atoms with E-state index in [4.69, 9.17) is 4.74 Å². The van der Waals surface area contributed by atoms with Crippen LogP contribution in [0.5, 0.6) is 0 Å². The predicted molar refractivity (Wildman–Crippen MR) is 125 cm³/mol. The summed E-state index contributed by atoms with van der Waals surface area (Å²) >= 11 is 0. The molecule has 1 fully saturated rings. The maximum absolute atomic E-state index is 13.9. The largest absolute Gasteiger partial charge is 0.383 e. The van der Waals surface area contributed by atoms with Gasteiger partial charge in [0.1, 0.15) is 0 Å². The maximum Gasteiger partial charge on any atom is 0.254 e. The molecule has 0 saturated heterocycles. The van der Waals surface area contributed by atoms with E-state index in [0.717, 1.165) is 54.3 Å². The highest BCUT2D eigenvalue weighted by atomic mass is 16.5. The first-order valence-corrected chi connectivity index (χ1v) is 11.4. The summed E-state index contributed by atoms with van der Waals surface area (Å²) in [6.45, 7) is 0.940. The Balaban J connectivity index is 1.58. The number of aromatic nitrogens is 1. The molecular weight excluding hydrogens is 402 g/mol. The van der Waals surface area contributed by atoms with Gasteiger partial charge in [-0.25, -0.2) is 0 Å². The van der Waals surface area contributed by atoms with Crippen molar-refractivity contribution in [2.45, 2.75) is 43.6 Å². The number of H-pyrrole nitrogens is 1. The summed E-state index contributed by atoms with van der Waals surface area (Å²) in [5, 5.41) is 4.27. The molecule has 2 N–H and O–H groups in total. The molecule has 5 rings (SSSR count). The summed E-state index contributed by atoms with van der Waals surface area (Å²) in [4.78, 5) is 32.6. The zero-order chi connectivity index (χ0) is 22.1. The average molecular weight is 432 g/mol. The Kier molecular flexibility index (Phi) is 5.47. The van der Waals surface area contributed by atoms with Crippen molar-refractivity contribution in [3.8, 4) is 0 Å². The molecule has 0 bridgehead atoms. The van der Waals surface area contributed by atoms with Crippen LogP contribution in [0.2, 0.25) is 0 Å². The van der Waals surface area contributed by atoms with E-state index in [-0.39, 0.29) is 11.8 Å². The number of nitrogens with one attached hydrogen (secondary N) is 2. The van der Waals surface area contributed by atoms with E-state index < -0.39 is 11.5 Å². The first-order valence-electron chi connectivity index (χ1n) is 11.4. The standard InChI is InChI=1S/C26H29N3O3/c1-32-16-15-29-25(31)21-8-4-3-7-20(21)23(26(29)12-5-2-6-13-26)24(30)28-19-10-9-18-11-14-27-22(18)17-19/h3-4,7-11,14,17,23,27H,2,5-6,12-13,15-16H2,1H3,(H,28,30)/t23-/m1/s1. The first-order chi connectivity index (χ1) is 15.6. The van der Waals surface area contributed by atoms with Gasteiger partial charge in [-0.2, -0.15) is 0 Å². The highest BCUT2D eigenvalue weighted by Gasteiger charge is 2.54. The normalized spacial score (nSPS) is 19.8. The fourth-order valence-corrected chi connectivity index (χ4v) is 5.69. The molecule has 6 heteroatoms. The summed E-state index contributed by atoms with van der Waals surface area (Å²) in [6.07, 6.45) is 6.70. The molecule has 2 amide bonds. The van der Waals surface area contributed by atoms with Crippen LogP contribution in [-0.4, -0.2) is 47.5 Å². The smallest absolute Gasteiger partial charge is 0.254 e. The van der Waals surface area contributed by atoms with E-state index >= 15 is 0 Å². The lowest BCUT2D eigenvalue weighted by atomic mass is 9.65. The van der Waals surface area contributed by atoms with Crippen LogP contribution in [0.1, 0.15) is 53.9 Å². The molecule has 1 saturated carbocycles. The highest BCUT2D eigenvalue weighted by Crippen LogP contribution is 2.49. The molecule has 1 aromatic heterocycles. The van der Waals surface area contributed by atoms with Crippen molar-refractivity contribution < 1.29 is 14.3 Å².